The van der Waals surface area contributed by atoms with Crippen molar-refractivity contribution in [3.63, 3.8) is 0 Å². The predicted octanol–water partition coefficient (Wildman–Crippen LogP) is 6.11. The third kappa shape index (κ3) is 5.10. The van der Waals surface area contributed by atoms with Crippen LogP contribution in [0.2, 0.25) is 0 Å². The molecule has 188 valence electrons. The standard InChI is InChI=1S/C28H32F2N6/c1-4-16(2)31-15-23-33-24(26(29)34-23)20-10-6-18(7-11-20)19-8-12-21(13-9-19)25-27(30)36-28(35-25)22-14-5-17(3)32-22/h6-13,16-17,22,31-32H,4-5,14-15H2,1-3H3,(H,33,34)(H,35,36)/t16-,17?,22?/m0/s1. The molecule has 1 aliphatic rings. The number of H-pyrrole nitrogens is 2. The van der Waals surface area contributed by atoms with Crippen LogP contribution in [0.1, 0.15) is 57.7 Å². The summed E-state index contributed by atoms with van der Waals surface area (Å²) in [5.74, 6) is 0.379. The molecule has 0 aliphatic carbocycles. The Bertz CT molecular complexity index is 1310. The summed E-state index contributed by atoms with van der Waals surface area (Å²) in [6.07, 6.45) is 2.99. The molecule has 3 atom stereocenters. The van der Waals surface area contributed by atoms with E-state index < -0.39 is 11.9 Å². The van der Waals surface area contributed by atoms with Gasteiger partial charge < -0.3 is 20.6 Å². The van der Waals surface area contributed by atoms with E-state index in [1.165, 1.54) is 0 Å². The van der Waals surface area contributed by atoms with E-state index in [2.05, 4.69) is 51.3 Å². The number of aromatic amines is 2. The molecule has 6 nitrogen and oxygen atoms in total. The monoisotopic (exact) mass is 490 g/mol. The van der Waals surface area contributed by atoms with E-state index >= 15 is 0 Å². The highest BCUT2D eigenvalue weighted by Crippen LogP contribution is 2.30. The van der Waals surface area contributed by atoms with Gasteiger partial charge in [0.2, 0.25) is 11.9 Å². The highest BCUT2D eigenvalue weighted by Gasteiger charge is 2.26. The van der Waals surface area contributed by atoms with Gasteiger partial charge in [-0.2, -0.15) is 8.78 Å². The van der Waals surface area contributed by atoms with Crippen LogP contribution >= 0.6 is 0 Å². The van der Waals surface area contributed by atoms with E-state index in [9.17, 15) is 8.78 Å². The Balaban J connectivity index is 1.30. The van der Waals surface area contributed by atoms with Crippen LogP contribution in [0.15, 0.2) is 48.5 Å². The fourth-order valence-corrected chi connectivity index (χ4v) is 4.60. The van der Waals surface area contributed by atoms with Crippen molar-refractivity contribution in [3.05, 3.63) is 72.1 Å². The number of halogens is 2. The summed E-state index contributed by atoms with van der Waals surface area (Å²) in [5, 5.41) is 6.75. The fraction of sp³-hybridized carbons (Fsp3) is 0.357. The molecular formula is C28H32F2N6. The molecule has 1 fully saturated rings. The van der Waals surface area contributed by atoms with E-state index in [4.69, 9.17) is 0 Å². The normalized spacial score (nSPS) is 18.6. The zero-order valence-corrected chi connectivity index (χ0v) is 20.8. The number of benzene rings is 2. The lowest BCUT2D eigenvalue weighted by molar-refractivity contribution is 0.519. The van der Waals surface area contributed by atoms with Gasteiger partial charge in [-0.05, 0) is 44.2 Å². The molecular weight excluding hydrogens is 458 g/mol. The molecule has 3 heterocycles. The number of rotatable bonds is 8. The lowest BCUT2D eigenvalue weighted by atomic mass is 10.0. The highest BCUT2D eigenvalue weighted by atomic mass is 19.1. The van der Waals surface area contributed by atoms with E-state index in [1.807, 2.05) is 48.5 Å². The number of nitrogens with zero attached hydrogens (tertiary/aromatic N) is 2. The smallest absolute Gasteiger partial charge is 0.219 e. The van der Waals surface area contributed by atoms with Crippen LogP contribution in [0.25, 0.3) is 33.6 Å². The zero-order chi connectivity index (χ0) is 25.2. The molecule has 0 bridgehead atoms. The fourth-order valence-electron chi connectivity index (χ4n) is 4.60. The van der Waals surface area contributed by atoms with Gasteiger partial charge in [0, 0.05) is 23.2 Å². The molecule has 36 heavy (non-hydrogen) atoms. The molecule has 5 rings (SSSR count). The van der Waals surface area contributed by atoms with E-state index in [0.29, 0.717) is 47.2 Å². The van der Waals surface area contributed by atoms with Crippen molar-refractivity contribution in [1.29, 1.82) is 0 Å². The minimum atomic E-state index is -0.435. The molecule has 0 radical (unpaired) electrons. The largest absolute Gasteiger partial charge is 0.317 e. The Hall–Kier alpha value is -3.36. The average Bonchev–Trinajstić information content (AvgIpc) is 3.61. The maximum Gasteiger partial charge on any atom is 0.219 e. The Morgan fingerprint density at radius 3 is 1.97 bits per heavy atom. The first-order chi connectivity index (χ1) is 17.4. The van der Waals surface area contributed by atoms with Crippen molar-refractivity contribution in [2.45, 2.75) is 64.7 Å². The van der Waals surface area contributed by atoms with Gasteiger partial charge >= 0.3 is 0 Å². The first-order valence-corrected chi connectivity index (χ1v) is 12.6. The maximum absolute atomic E-state index is 14.6. The lowest BCUT2D eigenvalue weighted by Crippen LogP contribution is -2.24. The van der Waals surface area contributed by atoms with Gasteiger partial charge in [-0.3, -0.25) is 0 Å². The van der Waals surface area contributed by atoms with Crippen molar-refractivity contribution in [1.82, 2.24) is 30.6 Å². The second-order valence-corrected chi connectivity index (χ2v) is 9.67. The van der Waals surface area contributed by atoms with Crippen LogP contribution < -0.4 is 10.6 Å². The molecule has 4 N–H and O–H groups in total. The van der Waals surface area contributed by atoms with Crippen molar-refractivity contribution >= 4 is 0 Å². The molecule has 0 spiro atoms. The summed E-state index contributed by atoms with van der Waals surface area (Å²) < 4.78 is 29.1. The van der Waals surface area contributed by atoms with Crippen LogP contribution in [-0.2, 0) is 6.54 Å². The van der Waals surface area contributed by atoms with Crippen molar-refractivity contribution in [3.8, 4) is 33.6 Å². The maximum atomic E-state index is 14.6. The van der Waals surface area contributed by atoms with Gasteiger partial charge in [0.25, 0.3) is 0 Å². The molecule has 0 amide bonds. The number of aromatic nitrogens is 4. The summed E-state index contributed by atoms with van der Waals surface area (Å²) in [6.45, 7) is 6.80. The predicted molar refractivity (Wildman–Crippen MR) is 138 cm³/mol. The number of hydrogen-bond donors (Lipinski definition) is 4. The number of nitrogens with one attached hydrogen (secondary N) is 4. The van der Waals surface area contributed by atoms with Crippen molar-refractivity contribution in [2.24, 2.45) is 0 Å². The SMILES string of the molecule is CC[C@H](C)NCc1nc(-c2ccc(-c3ccc(-c4nc(C5CCC(C)N5)[nH]c4F)cc3)cc2)c(F)[nH]1. The third-order valence-electron chi connectivity index (χ3n) is 6.97. The first kappa shape index (κ1) is 24.3. The average molecular weight is 491 g/mol. The molecule has 4 aromatic rings. The number of hydrogen-bond acceptors (Lipinski definition) is 4. The molecule has 2 unspecified atom stereocenters. The van der Waals surface area contributed by atoms with E-state index in [1.54, 1.807) is 0 Å². The second kappa shape index (κ2) is 10.3. The minimum Gasteiger partial charge on any atom is -0.317 e. The molecule has 2 aromatic heterocycles. The van der Waals surface area contributed by atoms with Gasteiger partial charge in [-0.25, -0.2) is 9.97 Å². The first-order valence-electron chi connectivity index (χ1n) is 12.6. The van der Waals surface area contributed by atoms with Crippen LogP contribution in [0.5, 0.6) is 0 Å². The lowest BCUT2D eigenvalue weighted by Gasteiger charge is -2.08. The molecule has 2 aromatic carbocycles. The van der Waals surface area contributed by atoms with Crippen molar-refractivity contribution in [2.75, 3.05) is 0 Å². The molecule has 1 aliphatic heterocycles. The minimum absolute atomic E-state index is 0.0626. The van der Waals surface area contributed by atoms with Crippen LogP contribution in [0, 0.1) is 11.9 Å². The molecule has 1 saturated heterocycles. The molecule has 8 heteroatoms. The van der Waals surface area contributed by atoms with Gasteiger partial charge in [-0.15, -0.1) is 0 Å². The second-order valence-electron chi connectivity index (χ2n) is 9.67. The number of imidazole rings is 2. The van der Waals surface area contributed by atoms with Crippen LogP contribution in [-0.4, -0.2) is 32.0 Å². The van der Waals surface area contributed by atoms with Crippen LogP contribution in [0.3, 0.4) is 0 Å². The Morgan fingerprint density at radius 1 is 0.861 bits per heavy atom. The topological polar surface area (TPSA) is 81.4 Å². The van der Waals surface area contributed by atoms with E-state index in [-0.39, 0.29) is 6.04 Å². The summed E-state index contributed by atoms with van der Waals surface area (Å²) in [4.78, 5) is 14.5. The molecule has 0 saturated carbocycles. The summed E-state index contributed by atoms with van der Waals surface area (Å²) in [6, 6.07) is 16.1. The zero-order valence-electron chi connectivity index (χ0n) is 20.8. The highest BCUT2D eigenvalue weighted by molar-refractivity contribution is 5.71. The van der Waals surface area contributed by atoms with Gasteiger partial charge in [0.15, 0.2) is 0 Å². The quantitative estimate of drug-likeness (QED) is 0.240. The Kier molecular flexibility index (Phi) is 6.98. The van der Waals surface area contributed by atoms with Crippen LogP contribution in [0.4, 0.5) is 8.78 Å². The summed E-state index contributed by atoms with van der Waals surface area (Å²) in [5.41, 5.74) is 4.04. The van der Waals surface area contributed by atoms with Crippen molar-refractivity contribution < 1.29 is 8.78 Å². The summed E-state index contributed by atoms with van der Waals surface area (Å²) in [7, 11) is 0. The Labute approximate surface area is 210 Å². The van der Waals surface area contributed by atoms with Gasteiger partial charge in [0.1, 0.15) is 23.0 Å². The van der Waals surface area contributed by atoms with Gasteiger partial charge in [0.05, 0.1) is 12.6 Å². The third-order valence-corrected chi connectivity index (χ3v) is 6.97. The summed E-state index contributed by atoms with van der Waals surface area (Å²) >= 11 is 0. The van der Waals surface area contributed by atoms with Gasteiger partial charge in [-0.1, -0.05) is 55.5 Å². The Morgan fingerprint density at radius 2 is 1.42 bits per heavy atom. The van der Waals surface area contributed by atoms with E-state index in [0.717, 1.165) is 36.0 Å².